The maximum absolute atomic E-state index is 10.9. The third-order valence-corrected chi connectivity index (χ3v) is 2.05. The van der Waals surface area contributed by atoms with Gasteiger partial charge in [-0.1, -0.05) is 12.1 Å². The Morgan fingerprint density at radius 2 is 2.20 bits per heavy atom. The van der Waals surface area contributed by atoms with Crippen molar-refractivity contribution in [3.05, 3.63) is 30.2 Å². The number of carboxylic acid groups (broad SMARTS) is 1. The Balaban J connectivity index is 2.82. The molecule has 2 rings (SSSR count). The van der Waals surface area contributed by atoms with Gasteiger partial charge in [0, 0.05) is 5.39 Å². The molecule has 0 aliphatic rings. The van der Waals surface area contributed by atoms with Crippen molar-refractivity contribution in [3.63, 3.8) is 0 Å². The predicted octanol–water partition coefficient (Wildman–Crippen LogP) is 1.34. The van der Waals surface area contributed by atoms with Gasteiger partial charge in [0.15, 0.2) is 5.69 Å². The molecule has 0 saturated carbocycles. The molecule has 1 aromatic heterocycles. The molecular weight excluding hydrogens is 196 g/mol. The molecule has 76 valence electrons. The lowest BCUT2D eigenvalue weighted by atomic mass is 10.2. The van der Waals surface area contributed by atoms with Crippen LogP contribution in [0.4, 0.5) is 0 Å². The largest absolute Gasteiger partial charge is 0.494 e. The van der Waals surface area contributed by atoms with E-state index in [9.17, 15) is 4.79 Å². The number of aromatic nitrogens is 2. The molecule has 0 saturated heterocycles. The number of rotatable bonds is 2. The molecule has 0 amide bonds. The highest BCUT2D eigenvalue weighted by Gasteiger charge is 2.12. The zero-order valence-electron chi connectivity index (χ0n) is 7.97. The van der Waals surface area contributed by atoms with Crippen LogP contribution in [0.1, 0.15) is 10.5 Å². The second-order valence-corrected chi connectivity index (χ2v) is 2.88. The molecule has 0 unspecified atom stereocenters. The third-order valence-electron chi connectivity index (χ3n) is 2.05. The molecule has 0 radical (unpaired) electrons. The number of hydrogen-bond donors (Lipinski definition) is 1. The summed E-state index contributed by atoms with van der Waals surface area (Å²) in [7, 11) is 1.51. The van der Waals surface area contributed by atoms with Gasteiger partial charge in [0.1, 0.15) is 17.6 Å². The van der Waals surface area contributed by atoms with Gasteiger partial charge in [-0.05, 0) is 6.07 Å². The van der Waals surface area contributed by atoms with Crippen LogP contribution < -0.4 is 4.74 Å². The topological polar surface area (TPSA) is 72.3 Å². The smallest absolute Gasteiger partial charge is 0.355 e. The first-order valence-corrected chi connectivity index (χ1v) is 4.25. The zero-order valence-corrected chi connectivity index (χ0v) is 7.97. The summed E-state index contributed by atoms with van der Waals surface area (Å²) >= 11 is 0. The Morgan fingerprint density at radius 3 is 2.87 bits per heavy atom. The van der Waals surface area contributed by atoms with Gasteiger partial charge in [-0.25, -0.2) is 14.8 Å². The molecule has 5 nitrogen and oxygen atoms in total. The first-order chi connectivity index (χ1) is 7.24. The van der Waals surface area contributed by atoms with E-state index < -0.39 is 5.97 Å². The number of carbonyl (C=O) groups is 1. The van der Waals surface area contributed by atoms with Crippen LogP contribution >= 0.6 is 0 Å². The lowest BCUT2D eigenvalue weighted by Gasteiger charge is -2.04. The normalized spacial score (nSPS) is 10.2. The van der Waals surface area contributed by atoms with Crippen molar-refractivity contribution in [2.45, 2.75) is 0 Å². The summed E-state index contributed by atoms with van der Waals surface area (Å²) in [5.41, 5.74) is 0.492. The van der Waals surface area contributed by atoms with Gasteiger partial charge >= 0.3 is 5.97 Å². The Hall–Kier alpha value is -2.17. The second-order valence-electron chi connectivity index (χ2n) is 2.88. The summed E-state index contributed by atoms with van der Waals surface area (Å²) in [6, 6.07) is 5.08. The Labute approximate surface area is 85.4 Å². The van der Waals surface area contributed by atoms with E-state index in [1.54, 1.807) is 18.2 Å². The van der Waals surface area contributed by atoms with E-state index in [1.807, 2.05) is 0 Å². The minimum Gasteiger partial charge on any atom is -0.494 e. The molecular formula is C10H8N2O3. The van der Waals surface area contributed by atoms with Gasteiger partial charge in [0.25, 0.3) is 0 Å². The number of ether oxygens (including phenoxy) is 1. The molecule has 0 bridgehead atoms. The van der Waals surface area contributed by atoms with Gasteiger partial charge in [-0.15, -0.1) is 0 Å². The molecule has 1 N–H and O–H groups in total. The molecule has 1 heterocycles. The SMILES string of the molecule is COc1cccc2c(C(=O)O)ncnc12. The molecule has 0 aliphatic carbocycles. The quantitative estimate of drug-likeness (QED) is 0.799. The van der Waals surface area contributed by atoms with Crippen LogP contribution in [-0.2, 0) is 0 Å². The monoisotopic (exact) mass is 204 g/mol. The number of para-hydroxylation sites is 1. The standard InChI is InChI=1S/C10H8N2O3/c1-15-7-4-2-3-6-8(7)11-5-12-9(6)10(13)14/h2-5H,1H3,(H,13,14). The summed E-state index contributed by atoms with van der Waals surface area (Å²) in [5, 5.41) is 9.39. The summed E-state index contributed by atoms with van der Waals surface area (Å²) in [4.78, 5) is 18.6. The minimum absolute atomic E-state index is 0.0149. The van der Waals surface area contributed by atoms with E-state index in [4.69, 9.17) is 9.84 Å². The van der Waals surface area contributed by atoms with Gasteiger partial charge < -0.3 is 9.84 Å². The number of methoxy groups -OCH3 is 1. The van der Waals surface area contributed by atoms with Gasteiger partial charge in [0.2, 0.25) is 0 Å². The van der Waals surface area contributed by atoms with Gasteiger partial charge in [0.05, 0.1) is 7.11 Å². The molecule has 0 aliphatic heterocycles. The van der Waals surface area contributed by atoms with Crippen LogP contribution in [0.3, 0.4) is 0 Å². The second kappa shape index (κ2) is 3.53. The van der Waals surface area contributed by atoms with Crippen molar-refractivity contribution in [2.75, 3.05) is 7.11 Å². The van der Waals surface area contributed by atoms with Crippen molar-refractivity contribution in [1.29, 1.82) is 0 Å². The van der Waals surface area contributed by atoms with Gasteiger partial charge in [-0.2, -0.15) is 0 Å². The number of hydrogen-bond acceptors (Lipinski definition) is 4. The Bertz CT molecular complexity index is 525. The first-order valence-electron chi connectivity index (χ1n) is 4.25. The van der Waals surface area contributed by atoms with Crippen LogP contribution in [0.15, 0.2) is 24.5 Å². The number of benzene rings is 1. The summed E-state index contributed by atoms with van der Waals surface area (Å²) in [6.07, 6.45) is 1.22. The van der Waals surface area contributed by atoms with Crippen LogP contribution in [0, 0.1) is 0 Å². The lowest BCUT2D eigenvalue weighted by molar-refractivity contribution is 0.0692. The molecule has 1 aromatic carbocycles. The fraction of sp³-hybridized carbons (Fsp3) is 0.100. The van der Waals surface area contributed by atoms with Crippen molar-refractivity contribution in [2.24, 2.45) is 0 Å². The van der Waals surface area contributed by atoms with E-state index >= 15 is 0 Å². The van der Waals surface area contributed by atoms with Crippen molar-refractivity contribution >= 4 is 16.9 Å². The summed E-state index contributed by atoms with van der Waals surface area (Å²) < 4.78 is 5.08. The number of nitrogens with zero attached hydrogens (tertiary/aromatic N) is 2. The fourth-order valence-electron chi connectivity index (χ4n) is 1.40. The average molecular weight is 204 g/mol. The summed E-state index contributed by atoms with van der Waals surface area (Å²) in [6.45, 7) is 0. The van der Waals surface area contributed by atoms with E-state index in [2.05, 4.69) is 9.97 Å². The van der Waals surface area contributed by atoms with Gasteiger partial charge in [-0.3, -0.25) is 0 Å². The number of fused-ring (bicyclic) bond motifs is 1. The Kier molecular flexibility index (Phi) is 2.21. The number of carboxylic acids is 1. The predicted molar refractivity (Wildman–Crippen MR) is 53.0 cm³/mol. The van der Waals surface area contributed by atoms with Crippen molar-refractivity contribution < 1.29 is 14.6 Å². The minimum atomic E-state index is -1.07. The van der Waals surface area contributed by atoms with E-state index in [1.165, 1.54) is 13.4 Å². The average Bonchev–Trinajstić information content (AvgIpc) is 2.27. The van der Waals surface area contributed by atoms with Crippen molar-refractivity contribution in [1.82, 2.24) is 9.97 Å². The lowest BCUT2D eigenvalue weighted by Crippen LogP contribution is -2.02. The molecule has 0 atom stereocenters. The molecule has 2 aromatic rings. The fourth-order valence-corrected chi connectivity index (χ4v) is 1.40. The van der Waals surface area contributed by atoms with E-state index in [-0.39, 0.29) is 5.69 Å². The highest BCUT2D eigenvalue weighted by molar-refractivity contribution is 6.01. The molecule has 0 spiro atoms. The first kappa shape index (κ1) is 9.39. The maximum Gasteiger partial charge on any atom is 0.355 e. The summed E-state index contributed by atoms with van der Waals surface area (Å²) in [5.74, 6) is -0.534. The highest BCUT2D eigenvalue weighted by atomic mass is 16.5. The Morgan fingerprint density at radius 1 is 1.40 bits per heavy atom. The molecule has 0 fully saturated rings. The van der Waals surface area contributed by atoms with Crippen molar-refractivity contribution in [3.8, 4) is 5.75 Å². The maximum atomic E-state index is 10.9. The van der Waals surface area contributed by atoms with Crippen LogP contribution in [0.25, 0.3) is 10.9 Å². The van der Waals surface area contributed by atoms with Crippen LogP contribution in [-0.4, -0.2) is 28.2 Å². The van der Waals surface area contributed by atoms with E-state index in [0.29, 0.717) is 16.7 Å². The van der Waals surface area contributed by atoms with Crippen LogP contribution in [0.2, 0.25) is 0 Å². The molecule has 15 heavy (non-hydrogen) atoms. The zero-order chi connectivity index (χ0) is 10.8. The van der Waals surface area contributed by atoms with E-state index in [0.717, 1.165) is 0 Å². The highest BCUT2D eigenvalue weighted by Crippen LogP contribution is 2.24. The number of aromatic carboxylic acids is 1. The molecule has 5 heteroatoms. The van der Waals surface area contributed by atoms with Crippen LogP contribution in [0.5, 0.6) is 5.75 Å². The third kappa shape index (κ3) is 1.48.